The van der Waals surface area contributed by atoms with E-state index < -0.39 is 11.5 Å². The Morgan fingerprint density at radius 3 is 2.59 bits per heavy atom. The molecule has 41 heavy (non-hydrogen) atoms. The molecule has 1 aliphatic rings. The van der Waals surface area contributed by atoms with Gasteiger partial charge in [0.05, 0.1) is 18.8 Å². The molecule has 0 unspecified atom stereocenters. The van der Waals surface area contributed by atoms with Crippen LogP contribution in [0.25, 0.3) is 16.6 Å². The lowest BCUT2D eigenvalue weighted by atomic mass is 9.92. The van der Waals surface area contributed by atoms with Gasteiger partial charge < -0.3 is 14.8 Å². The van der Waals surface area contributed by atoms with Crippen molar-refractivity contribution in [3.63, 3.8) is 0 Å². The van der Waals surface area contributed by atoms with Gasteiger partial charge in [-0.3, -0.25) is 23.9 Å². The van der Waals surface area contributed by atoms with E-state index in [2.05, 4.69) is 15.3 Å². The van der Waals surface area contributed by atoms with E-state index in [1.807, 2.05) is 43.3 Å². The molecule has 2 aromatic carbocycles. The first kappa shape index (κ1) is 25.9. The molecular formula is C32H26N4O5. The number of carbonyl (C=O) groups excluding carboxylic acids is 2. The van der Waals surface area contributed by atoms with Crippen molar-refractivity contribution >= 4 is 28.4 Å². The van der Waals surface area contributed by atoms with E-state index in [1.54, 1.807) is 37.6 Å². The minimum absolute atomic E-state index is 0.0802. The zero-order chi connectivity index (χ0) is 28.5. The lowest BCUT2D eigenvalue weighted by molar-refractivity contribution is 0.0971. The molecule has 1 N–H and O–H groups in total. The van der Waals surface area contributed by atoms with Gasteiger partial charge in [-0.05, 0) is 73.9 Å². The number of Topliss-reactive ketones (excluding diaryl/α,β-unsaturated/α-hetero) is 1. The number of methoxy groups -OCH3 is 1. The van der Waals surface area contributed by atoms with Crippen LogP contribution in [0.5, 0.6) is 17.2 Å². The molecule has 6 rings (SSSR count). The van der Waals surface area contributed by atoms with Crippen molar-refractivity contribution < 1.29 is 19.1 Å². The van der Waals surface area contributed by atoms with Crippen molar-refractivity contribution in [1.82, 2.24) is 14.5 Å². The van der Waals surface area contributed by atoms with Gasteiger partial charge in [0.1, 0.15) is 28.6 Å². The van der Waals surface area contributed by atoms with Crippen LogP contribution in [0.2, 0.25) is 0 Å². The molecule has 0 atom stereocenters. The van der Waals surface area contributed by atoms with Gasteiger partial charge in [0.2, 0.25) is 0 Å². The van der Waals surface area contributed by atoms with Gasteiger partial charge in [0, 0.05) is 41.0 Å². The smallest absolute Gasteiger partial charge is 0.268 e. The molecule has 1 aliphatic carbocycles. The lowest BCUT2D eigenvalue weighted by Gasteiger charge is -2.22. The molecule has 5 aromatic rings. The number of rotatable bonds is 6. The highest BCUT2D eigenvalue weighted by atomic mass is 16.5. The highest BCUT2D eigenvalue weighted by Crippen LogP contribution is 2.31. The number of hydrogen-bond acceptors (Lipinski definition) is 7. The van der Waals surface area contributed by atoms with Crippen molar-refractivity contribution in [3.8, 4) is 22.9 Å². The minimum atomic E-state index is -0.646. The zero-order valence-corrected chi connectivity index (χ0v) is 22.5. The van der Waals surface area contributed by atoms with Crippen LogP contribution in [-0.2, 0) is 6.42 Å². The summed E-state index contributed by atoms with van der Waals surface area (Å²) in [6.45, 7) is 1.93. The number of hydrogen-bond donors (Lipinski definition) is 1. The van der Waals surface area contributed by atoms with Gasteiger partial charge in [-0.2, -0.15) is 0 Å². The van der Waals surface area contributed by atoms with Gasteiger partial charge in [-0.1, -0.05) is 12.1 Å². The fraction of sp³-hybridized carbons (Fsp3) is 0.156. The van der Waals surface area contributed by atoms with E-state index in [0.717, 1.165) is 16.5 Å². The first-order chi connectivity index (χ1) is 19.9. The molecule has 0 saturated carbocycles. The number of aryl methyl sites for hydroxylation is 1. The Kier molecular flexibility index (Phi) is 6.76. The molecule has 1 amide bonds. The van der Waals surface area contributed by atoms with E-state index >= 15 is 0 Å². The fourth-order valence-corrected chi connectivity index (χ4v) is 5.04. The van der Waals surface area contributed by atoms with Crippen molar-refractivity contribution in [2.75, 3.05) is 12.4 Å². The van der Waals surface area contributed by atoms with E-state index in [-0.39, 0.29) is 17.2 Å². The second-order valence-electron chi connectivity index (χ2n) is 9.80. The summed E-state index contributed by atoms with van der Waals surface area (Å²) in [5, 5.41) is 3.49. The third-order valence-electron chi connectivity index (χ3n) is 7.04. The maximum atomic E-state index is 13.6. The Balaban J connectivity index is 1.28. The molecule has 9 heteroatoms. The normalized spacial score (nSPS) is 12.6. The second-order valence-corrected chi connectivity index (χ2v) is 9.80. The van der Waals surface area contributed by atoms with E-state index in [1.165, 1.54) is 16.8 Å². The molecule has 0 aliphatic heterocycles. The first-order valence-corrected chi connectivity index (χ1v) is 13.2. The second kappa shape index (κ2) is 10.7. The number of carbonyl (C=O) groups is 2. The monoisotopic (exact) mass is 546 g/mol. The lowest BCUT2D eigenvalue weighted by Crippen LogP contribution is -2.33. The quantitative estimate of drug-likeness (QED) is 0.292. The van der Waals surface area contributed by atoms with Gasteiger partial charge in [-0.15, -0.1) is 0 Å². The van der Waals surface area contributed by atoms with Crippen LogP contribution in [0.4, 0.5) is 5.82 Å². The molecule has 3 heterocycles. The van der Waals surface area contributed by atoms with Crippen LogP contribution in [0.1, 0.15) is 44.8 Å². The van der Waals surface area contributed by atoms with Gasteiger partial charge in [-0.25, -0.2) is 4.98 Å². The summed E-state index contributed by atoms with van der Waals surface area (Å²) in [7, 11) is 1.60. The molecular weight excluding hydrogens is 520 g/mol. The van der Waals surface area contributed by atoms with Crippen LogP contribution >= 0.6 is 0 Å². The molecule has 0 spiro atoms. The fourth-order valence-electron chi connectivity index (χ4n) is 5.04. The summed E-state index contributed by atoms with van der Waals surface area (Å²) >= 11 is 0. The Hall–Kier alpha value is -5.31. The average Bonchev–Trinajstić information content (AvgIpc) is 2.98. The Bertz CT molecular complexity index is 1880. The molecule has 0 saturated heterocycles. The van der Waals surface area contributed by atoms with Crippen molar-refractivity contribution in [2.24, 2.45) is 0 Å². The minimum Gasteiger partial charge on any atom is -0.497 e. The van der Waals surface area contributed by atoms with Crippen LogP contribution in [0.3, 0.4) is 0 Å². The highest BCUT2D eigenvalue weighted by Gasteiger charge is 2.26. The SMILES string of the molecule is COc1ccc2c(Oc3ccc(NC(=O)c4cc5c(n(-c6cccc(C)c6)c4=O)CCCC5=O)nc3)ccnc2c1. The Morgan fingerprint density at radius 1 is 0.951 bits per heavy atom. The Labute approximate surface area is 235 Å². The number of amides is 1. The highest BCUT2D eigenvalue weighted by molar-refractivity contribution is 6.06. The summed E-state index contributed by atoms with van der Waals surface area (Å²) in [6.07, 6.45) is 4.74. The summed E-state index contributed by atoms with van der Waals surface area (Å²) < 4.78 is 12.8. The summed E-state index contributed by atoms with van der Waals surface area (Å²) in [5.41, 5.74) is 2.74. The number of ether oxygens (including phenoxy) is 2. The zero-order valence-electron chi connectivity index (χ0n) is 22.5. The molecule has 0 radical (unpaired) electrons. The number of nitrogens with zero attached hydrogens (tertiary/aromatic N) is 3. The van der Waals surface area contributed by atoms with Gasteiger partial charge in [0.15, 0.2) is 5.78 Å². The third kappa shape index (κ3) is 5.05. The van der Waals surface area contributed by atoms with Crippen LogP contribution < -0.4 is 20.3 Å². The van der Waals surface area contributed by atoms with Crippen molar-refractivity contribution in [3.05, 3.63) is 112 Å². The third-order valence-corrected chi connectivity index (χ3v) is 7.04. The standard InChI is InChI=1S/C32H26N4O5/c1-19-5-3-6-20(15-19)36-27-7-4-8-28(37)24(27)17-25(32(36)39)31(38)35-30-12-10-22(18-34-30)41-29-13-14-33-26-16-21(40-2)9-11-23(26)29/h3,5-6,9-18H,4,7-8H2,1-2H3,(H,34,35,38). The molecule has 9 nitrogen and oxygen atoms in total. The van der Waals surface area contributed by atoms with E-state index in [4.69, 9.17) is 9.47 Å². The number of pyridine rings is 3. The predicted molar refractivity (Wildman–Crippen MR) is 155 cm³/mol. The molecule has 0 fully saturated rings. The Morgan fingerprint density at radius 2 is 1.80 bits per heavy atom. The number of benzene rings is 2. The largest absolute Gasteiger partial charge is 0.497 e. The van der Waals surface area contributed by atoms with E-state index in [9.17, 15) is 14.4 Å². The molecule has 0 bridgehead atoms. The average molecular weight is 547 g/mol. The summed E-state index contributed by atoms with van der Waals surface area (Å²) in [5.74, 6) is 1.24. The van der Waals surface area contributed by atoms with Gasteiger partial charge in [0.25, 0.3) is 11.5 Å². The number of nitrogens with one attached hydrogen (secondary N) is 1. The van der Waals surface area contributed by atoms with Crippen LogP contribution in [0.15, 0.2) is 83.9 Å². The maximum absolute atomic E-state index is 13.6. The number of fused-ring (bicyclic) bond motifs is 2. The van der Waals surface area contributed by atoms with Gasteiger partial charge >= 0.3 is 0 Å². The number of aromatic nitrogens is 3. The molecule has 3 aromatic heterocycles. The predicted octanol–water partition coefficient (Wildman–Crippen LogP) is 5.66. The van der Waals surface area contributed by atoms with Crippen LogP contribution in [0, 0.1) is 6.92 Å². The maximum Gasteiger partial charge on any atom is 0.268 e. The van der Waals surface area contributed by atoms with Crippen molar-refractivity contribution in [2.45, 2.75) is 26.2 Å². The molecule has 204 valence electrons. The van der Waals surface area contributed by atoms with E-state index in [0.29, 0.717) is 53.5 Å². The van der Waals surface area contributed by atoms with Crippen LogP contribution in [-0.4, -0.2) is 33.3 Å². The van der Waals surface area contributed by atoms with Crippen molar-refractivity contribution in [1.29, 1.82) is 0 Å². The summed E-state index contributed by atoms with van der Waals surface area (Å²) in [4.78, 5) is 48.4. The topological polar surface area (TPSA) is 112 Å². The number of ketones is 1. The first-order valence-electron chi connectivity index (χ1n) is 13.2. The summed E-state index contributed by atoms with van der Waals surface area (Å²) in [6, 6.07) is 19.4. The number of anilines is 1.